The van der Waals surface area contributed by atoms with Crippen molar-refractivity contribution in [1.82, 2.24) is 0 Å². The predicted octanol–water partition coefficient (Wildman–Crippen LogP) is 3.68. The maximum Gasteiger partial charge on any atom is 0.138 e. The molecule has 1 unspecified atom stereocenters. The number of hydrogen-bond acceptors (Lipinski definition) is 3. The molecule has 2 atom stereocenters. The number of aliphatic hydroxyl groups excluding tert-OH is 1. The molecule has 0 radical (unpaired) electrons. The van der Waals surface area contributed by atoms with Gasteiger partial charge < -0.3 is 14.9 Å². The molecule has 0 fully saturated rings. The zero-order valence-corrected chi connectivity index (χ0v) is 12.8. The summed E-state index contributed by atoms with van der Waals surface area (Å²) in [6.45, 7) is 3.46. The first-order valence-corrected chi connectivity index (χ1v) is 7.16. The Morgan fingerprint density at radius 3 is 2.43 bits per heavy atom. The highest BCUT2D eigenvalue weighted by Crippen LogP contribution is 2.30. The van der Waals surface area contributed by atoms with Gasteiger partial charge >= 0.3 is 0 Å². The van der Waals surface area contributed by atoms with Gasteiger partial charge in [0.15, 0.2) is 0 Å². The summed E-state index contributed by atoms with van der Waals surface area (Å²) in [6.07, 6.45) is -0.580. The molecule has 4 heteroatoms. The van der Waals surface area contributed by atoms with Crippen molar-refractivity contribution < 1.29 is 14.9 Å². The Kier molecular flexibility index (Phi) is 4.88. The van der Waals surface area contributed by atoms with Crippen LogP contribution in [0.3, 0.4) is 0 Å². The van der Waals surface area contributed by atoms with Crippen LogP contribution >= 0.6 is 11.6 Å². The summed E-state index contributed by atoms with van der Waals surface area (Å²) in [6, 6.07) is 14.4. The largest absolute Gasteiger partial charge is 0.489 e. The number of ether oxygens (including phenoxy) is 1. The molecule has 0 amide bonds. The van der Waals surface area contributed by atoms with Crippen LogP contribution in [-0.4, -0.2) is 16.8 Å². The highest BCUT2D eigenvalue weighted by Gasteiger charge is 2.24. The van der Waals surface area contributed by atoms with Crippen LogP contribution in [0.1, 0.15) is 31.1 Å². The van der Waals surface area contributed by atoms with Gasteiger partial charge in [0, 0.05) is 0 Å². The van der Waals surface area contributed by atoms with Gasteiger partial charge in [-0.25, -0.2) is 0 Å². The Morgan fingerprint density at radius 1 is 1.19 bits per heavy atom. The SMILES string of the molecule is C[C@@H](O)c1ccc(OCC(C)(O)c2ccccc2)c(Cl)c1. The van der Waals surface area contributed by atoms with E-state index in [9.17, 15) is 10.2 Å². The first kappa shape index (κ1) is 15.8. The molecule has 0 aliphatic carbocycles. The second-order valence-corrected chi connectivity index (χ2v) is 5.70. The Hall–Kier alpha value is -1.55. The molecular formula is C17H19ClO3. The minimum absolute atomic E-state index is 0.0881. The topological polar surface area (TPSA) is 49.7 Å². The normalized spacial score (nSPS) is 15.3. The van der Waals surface area contributed by atoms with Gasteiger partial charge in [0.2, 0.25) is 0 Å². The maximum absolute atomic E-state index is 10.5. The summed E-state index contributed by atoms with van der Waals surface area (Å²) in [5, 5.41) is 20.4. The van der Waals surface area contributed by atoms with Crippen LogP contribution < -0.4 is 4.74 Å². The molecule has 0 aliphatic heterocycles. The van der Waals surface area contributed by atoms with Crippen LogP contribution in [0, 0.1) is 0 Å². The molecule has 0 bridgehead atoms. The third-order valence-corrected chi connectivity index (χ3v) is 3.64. The molecule has 0 aromatic heterocycles. The lowest BCUT2D eigenvalue weighted by Crippen LogP contribution is -2.29. The summed E-state index contributed by atoms with van der Waals surface area (Å²) >= 11 is 6.13. The van der Waals surface area contributed by atoms with Crippen LogP contribution in [0.25, 0.3) is 0 Å². The van der Waals surface area contributed by atoms with E-state index in [1.807, 2.05) is 30.3 Å². The fourth-order valence-corrected chi connectivity index (χ4v) is 2.24. The van der Waals surface area contributed by atoms with Crippen LogP contribution in [0.5, 0.6) is 5.75 Å². The lowest BCUT2D eigenvalue weighted by molar-refractivity contribution is 0.00761. The van der Waals surface area contributed by atoms with E-state index in [1.54, 1.807) is 32.0 Å². The average molecular weight is 307 g/mol. The molecule has 0 spiro atoms. The molecule has 112 valence electrons. The van der Waals surface area contributed by atoms with Gasteiger partial charge in [-0.05, 0) is 37.1 Å². The van der Waals surface area contributed by atoms with E-state index >= 15 is 0 Å². The maximum atomic E-state index is 10.5. The van der Waals surface area contributed by atoms with Crippen molar-refractivity contribution in [2.75, 3.05) is 6.61 Å². The van der Waals surface area contributed by atoms with E-state index < -0.39 is 11.7 Å². The number of rotatable bonds is 5. The van der Waals surface area contributed by atoms with Crippen molar-refractivity contribution in [1.29, 1.82) is 0 Å². The van der Waals surface area contributed by atoms with Crippen LogP contribution in [0.4, 0.5) is 0 Å². The molecular weight excluding hydrogens is 288 g/mol. The second kappa shape index (κ2) is 6.48. The summed E-state index contributed by atoms with van der Waals surface area (Å²) < 4.78 is 5.63. The van der Waals surface area contributed by atoms with E-state index in [4.69, 9.17) is 16.3 Å². The number of aliphatic hydroxyl groups is 2. The summed E-state index contributed by atoms with van der Waals surface area (Å²) in [7, 11) is 0. The quantitative estimate of drug-likeness (QED) is 0.886. The van der Waals surface area contributed by atoms with Crippen molar-refractivity contribution in [2.24, 2.45) is 0 Å². The molecule has 2 rings (SSSR count). The molecule has 2 N–H and O–H groups in total. The van der Waals surface area contributed by atoms with Crippen molar-refractivity contribution in [3.8, 4) is 5.75 Å². The smallest absolute Gasteiger partial charge is 0.138 e. The van der Waals surface area contributed by atoms with Gasteiger partial charge in [-0.3, -0.25) is 0 Å². The van der Waals surface area contributed by atoms with Crippen LogP contribution in [0.2, 0.25) is 5.02 Å². The van der Waals surface area contributed by atoms with Gasteiger partial charge in [-0.15, -0.1) is 0 Å². The standard InChI is InChI=1S/C17H19ClO3/c1-12(19)13-8-9-16(15(18)10-13)21-11-17(2,20)14-6-4-3-5-7-14/h3-10,12,19-20H,11H2,1-2H3/t12-,17?/m1/s1. The predicted molar refractivity (Wildman–Crippen MR) is 83.6 cm³/mol. The lowest BCUT2D eigenvalue weighted by Gasteiger charge is -2.24. The summed E-state index contributed by atoms with van der Waals surface area (Å²) in [4.78, 5) is 0. The Balaban J connectivity index is 2.09. The zero-order valence-electron chi connectivity index (χ0n) is 12.1. The van der Waals surface area contributed by atoms with Crippen molar-refractivity contribution >= 4 is 11.6 Å². The minimum atomic E-state index is -1.10. The van der Waals surface area contributed by atoms with E-state index in [2.05, 4.69) is 0 Å². The van der Waals surface area contributed by atoms with Gasteiger partial charge in [0.05, 0.1) is 11.1 Å². The first-order chi connectivity index (χ1) is 9.90. The van der Waals surface area contributed by atoms with Crippen molar-refractivity contribution in [2.45, 2.75) is 25.6 Å². The Bertz CT molecular complexity index is 594. The molecule has 0 saturated heterocycles. The first-order valence-electron chi connectivity index (χ1n) is 6.78. The lowest BCUT2D eigenvalue weighted by atomic mass is 9.97. The van der Waals surface area contributed by atoms with Gasteiger partial charge in [0.25, 0.3) is 0 Å². The number of benzene rings is 2. The third kappa shape index (κ3) is 3.97. The monoisotopic (exact) mass is 306 g/mol. The zero-order chi connectivity index (χ0) is 15.5. The molecule has 0 saturated carbocycles. The van der Waals surface area contributed by atoms with Crippen molar-refractivity contribution in [3.05, 3.63) is 64.7 Å². The molecule has 0 heterocycles. The minimum Gasteiger partial charge on any atom is -0.489 e. The van der Waals surface area contributed by atoms with Crippen molar-refractivity contribution in [3.63, 3.8) is 0 Å². The Labute approximate surface area is 129 Å². The van der Waals surface area contributed by atoms with E-state index in [0.29, 0.717) is 10.8 Å². The summed E-state index contributed by atoms with van der Waals surface area (Å²) in [5.41, 5.74) is 0.400. The van der Waals surface area contributed by atoms with Crippen LogP contribution in [-0.2, 0) is 5.60 Å². The second-order valence-electron chi connectivity index (χ2n) is 5.29. The third-order valence-electron chi connectivity index (χ3n) is 3.34. The molecule has 2 aromatic rings. The van der Waals surface area contributed by atoms with Crippen LogP contribution in [0.15, 0.2) is 48.5 Å². The number of halogens is 1. The van der Waals surface area contributed by atoms with Gasteiger partial charge in [-0.2, -0.15) is 0 Å². The molecule has 2 aromatic carbocycles. The highest BCUT2D eigenvalue weighted by atomic mass is 35.5. The Morgan fingerprint density at radius 2 is 1.86 bits per heavy atom. The highest BCUT2D eigenvalue weighted by molar-refractivity contribution is 6.32. The molecule has 3 nitrogen and oxygen atoms in total. The van der Waals surface area contributed by atoms with E-state index in [1.165, 1.54) is 0 Å². The van der Waals surface area contributed by atoms with Gasteiger partial charge in [0.1, 0.15) is 18.0 Å². The average Bonchev–Trinajstić information content (AvgIpc) is 2.46. The molecule has 0 aliphatic rings. The summed E-state index contributed by atoms with van der Waals surface area (Å²) in [5.74, 6) is 0.484. The van der Waals surface area contributed by atoms with Gasteiger partial charge in [-0.1, -0.05) is 48.0 Å². The molecule has 21 heavy (non-hydrogen) atoms. The number of hydrogen-bond donors (Lipinski definition) is 2. The fraction of sp³-hybridized carbons (Fsp3) is 0.294. The van der Waals surface area contributed by atoms with E-state index in [-0.39, 0.29) is 6.61 Å². The fourth-order valence-electron chi connectivity index (χ4n) is 1.99. The van der Waals surface area contributed by atoms with E-state index in [0.717, 1.165) is 11.1 Å².